The average Bonchev–Trinajstić information content (AvgIpc) is 2.78. The monoisotopic (exact) mass is 295 g/mol. The Kier molecular flexibility index (Phi) is 2.09. The van der Waals surface area contributed by atoms with Crippen molar-refractivity contribution in [1.82, 2.24) is 4.98 Å². The highest BCUT2D eigenvalue weighted by Gasteiger charge is 2.20. The van der Waals surface area contributed by atoms with Gasteiger partial charge in [0.2, 0.25) is 0 Å². The van der Waals surface area contributed by atoms with Crippen molar-refractivity contribution >= 4 is 26.8 Å². The zero-order valence-electron chi connectivity index (χ0n) is 9.65. The van der Waals surface area contributed by atoms with E-state index in [1.165, 1.54) is 27.6 Å². The van der Waals surface area contributed by atoms with Crippen molar-refractivity contribution < 1.29 is 0 Å². The number of rotatable bonds is 0. The first-order valence-electron chi connectivity index (χ1n) is 5.99. The molecule has 0 spiro atoms. The van der Waals surface area contributed by atoms with Gasteiger partial charge in [-0.1, -0.05) is 42.5 Å². The van der Waals surface area contributed by atoms with Crippen molar-refractivity contribution in [1.29, 1.82) is 0 Å². The minimum absolute atomic E-state index is 0.902. The lowest BCUT2D eigenvalue weighted by molar-refractivity contribution is 1.24. The Hall–Kier alpha value is -1.67. The van der Waals surface area contributed by atoms with E-state index in [9.17, 15) is 0 Å². The lowest BCUT2D eigenvalue weighted by Gasteiger charge is -2.05. The highest BCUT2D eigenvalue weighted by Crippen LogP contribution is 2.39. The van der Waals surface area contributed by atoms with Gasteiger partial charge in [0, 0.05) is 11.8 Å². The maximum absolute atomic E-state index is 4.65. The fraction of sp³-hybridized carbons (Fsp3) is 0.0625. The van der Waals surface area contributed by atoms with Gasteiger partial charge in [-0.3, -0.25) is 0 Å². The zero-order valence-corrected chi connectivity index (χ0v) is 11.2. The highest BCUT2D eigenvalue weighted by atomic mass is 79.9. The van der Waals surface area contributed by atoms with Gasteiger partial charge in [0.05, 0.1) is 5.52 Å². The summed E-state index contributed by atoms with van der Waals surface area (Å²) in [6.45, 7) is 0. The van der Waals surface area contributed by atoms with Crippen molar-refractivity contribution in [2.45, 2.75) is 6.42 Å². The van der Waals surface area contributed by atoms with Crippen LogP contribution in [0.4, 0.5) is 0 Å². The summed E-state index contributed by atoms with van der Waals surface area (Å²) in [6.07, 6.45) is 0.992. The molecule has 0 bridgehead atoms. The van der Waals surface area contributed by atoms with Crippen LogP contribution >= 0.6 is 15.9 Å². The van der Waals surface area contributed by atoms with Crippen molar-refractivity contribution in [2.24, 2.45) is 0 Å². The SMILES string of the molecule is Brc1ccc2ccc3c(c2n1)Cc1ccccc1-3. The Balaban J connectivity index is 2.09. The molecule has 1 aliphatic carbocycles. The van der Waals surface area contributed by atoms with Crippen LogP contribution in [0.15, 0.2) is 53.1 Å². The van der Waals surface area contributed by atoms with E-state index in [-0.39, 0.29) is 0 Å². The van der Waals surface area contributed by atoms with Gasteiger partial charge in [0.1, 0.15) is 4.60 Å². The molecule has 0 radical (unpaired) electrons. The Morgan fingerprint density at radius 2 is 1.72 bits per heavy atom. The van der Waals surface area contributed by atoms with Crippen molar-refractivity contribution in [3.8, 4) is 11.1 Å². The van der Waals surface area contributed by atoms with E-state index < -0.39 is 0 Å². The molecule has 1 aromatic heterocycles. The molecule has 3 aromatic rings. The minimum atomic E-state index is 0.902. The van der Waals surface area contributed by atoms with Gasteiger partial charge in [-0.05, 0) is 44.3 Å². The summed E-state index contributed by atoms with van der Waals surface area (Å²) >= 11 is 3.46. The van der Waals surface area contributed by atoms with E-state index >= 15 is 0 Å². The summed E-state index contributed by atoms with van der Waals surface area (Å²) in [5.41, 5.74) is 6.58. The second-order valence-corrected chi connectivity index (χ2v) is 5.44. The summed E-state index contributed by atoms with van der Waals surface area (Å²) < 4.78 is 0.902. The van der Waals surface area contributed by atoms with Gasteiger partial charge < -0.3 is 0 Å². The molecule has 1 aliphatic rings. The van der Waals surface area contributed by atoms with Crippen LogP contribution in [0.25, 0.3) is 22.0 Å². The normalized spacial score (nSPS) is 12.5. The molecular weight excluding hydrogens is 286 g/mol. The molecule has 0 fully saturated rings. The molecule has 0 N–H and O–H groups in total. The molecule has 2 aromatic carbocycles. The maximum atomic E-state index is 4.65. The topological polar surface area (TPSA) is 12.9 Å². The van der Waals surface area contributed by atoms with Gasteiger partial charge in [0.15, 0.2) is 0 Å². The number of pyridine rings is 1. The number of hydrogen-bond acceptors (Lipinski definition) is 1. The third-order valence-electron chi connectivity index (χ3n) is 3.61. The second kappa shape index (κ2) is 3.66. The average molecular weight is 296 g/mol. The third kappa shape index (κ3) is 1.36. The second-order valence-electron chi connectivity index (χ2n) is 4.63. The van der Waals surface area contributed by atoms with Gasteiger partial charge >= 0.3 is 0 Å². The number of hydrogen-bond donors (Lipinski definition) is 0. The van der Waals surface area contributed by atoms with E-state index in [1.54, 1.807) is 0 Å². The Labute approximate surface area is 114 Å². The summed E-state index contributed by atoms with van der Waals surface area (Å²) in [5, 5.41) is 1.21. The van der Waals surface area contributed by atoms with Crippen LogP contribution in [0.1, 0.15) is 11.1 Å². The summed E-state index contributed by atoms with van der Waals surface area (Å²) in [4.78, 5) is 4.65. The van der Waals surface area contributed by atoms with Gasteiger partial charge in [0.25, 0.3) is 0 Å². The quantitative estimate of drug-likeness (QED) is 0.433. The molecule has 86 valence electrons. The smallest absolute Gasteiger partial charge is 0.106 e. The maximum Gasteiger partial charge on any atom is 0.106 e. The van der Waals surface area contributed by atoms with Crippen LogP contribution in [-0.2, 0) is 6.42 Å². The molecule has 4 rings (SSSR count). The molecule has 0 unspecified atom stereocenters. The Morgan fingerprint density at radius 1 is 0.889 bits per heavy atom. The van der Waals surface area contributed by atoms with Gasteiger partial charge in [-0.15, -0.1) is 0 Å². The van der Waals surface area contributed by atoms with E-state index in [0.717, 1.165) is 16.5 Å². The molecule has 0 atom stereocenters. The molecule has 1 heterocycles. The van der Waals surface area contributed by atoms with Crippen LogP contribution in [0.3, 0.4) is 0 Å². The van der Waals surface area contributed by atoms with Crippen molar-refractivity contribution in [2.75, 3.05) is 0 Å². The van der Waals surface area contributed by atoms with Crippen molar-refractivity contribution in [3.63, 3.8) is 0 Å². The van der Waals surface area contributed by atoms with Crippen LogP contribution in [0, 0.1) is 0 Å². The zero-order chi connectivity index (χ0) is 12.1. The fourth-order valence-corrected chi connectivity index (χ4v) is 3.09. The standard InChI is InChI=1S/C16H10BrN/c17-15-8-6-10-5-7-13-12-4-2-1-3-11(12)9-14(13)16(10)18-15/h1-8H,9H2. The van der Waals surface area contributed by atoms with Crippen LogP contribution in [-0.4, -0.2) is 4.98 Å². The number of benzene rings is 2. The number of fused-ring (bicyclic) bond motifs is 5. The summed E-state index contributed by atoms with van der Waals surface area (Å²) in [7, 11) is 0. The van der Waals surface area contributed by atoms with Gasteiger partial charge in [-0.25, -0.2) is 4.98 Å². The molecule has 18 heavy (non-hydrogen) atoms. The highest BCUT2D eigenvalue weighted by molar-refractivity contribution is 9.10. The van der Waals surface area contributed by atoms with Crippen LogP contribution in [0.5, 0.6) is 0 Å². The molecule has 0 amide bonds. The first-order valence-corrected chi connectivity index (χ1v) is 6.79. The van der Waals surface area contributed by atoms with Gasteiger partial charge in [-0.2, -0.15) is 0 Å². The fourth-order valence-electron chi connectivity index (χ4n) is 2.78. The summed E-state index contributed by atoms with van der Waals surface area (Å²) in [5.74, 6) is 0. The van der Waals surface area contributed by atoms with E-state index in [4.69, 9.17) is 0 Å². The number of aromatic nitrogens is 1. The van der Waals surface area contributed by atoms with E-state index in [2.05, 4.69) is 63.4 Å². The molecule has 0 aliphatic heterocycles. The predicted molar refractivity (Wildman–Crippen MR) is 77.7 cm³/mol. The van der Waals surface area contributed by atoms with Crippen LogP contribution < -0.4 is 0 Å². The molecule has 2 heteroatoms. The Bertz CT molecular complexity index is 777. The molecule has 1 nitrogen and oxygen atoms in total. The van der Waals surface area contributed by atoms with E-state index in [0.29, 0.717) is 0 Å². The number of nitrogens with zero attached hydrogens (tertiary/aromatic N) is 1. The first-order chi connectivity index (χ1) is 8.83. The number of halogens is 1. The molecule has 0 saturated carbocycles. The Morgan fingerprint density at radius 3 is 2.67 bits per heavy atom. The minimum Gasteiger partial charge on any atom is -0.241 e. The largest absolute Gasteiger partial charge is 0.241 e. The van der Waals surface area contributed by atoms with E-state index in [1.807, 2.05) is 6.07 Å². The molecular formula is C16H10BrN. The van der Waals surface area contributed by atoms with Crippen LogP contribution in [0.2, 0.25) is 0 Å². The summed E-state index contributed by atoms with van der Waals surface area (Å²) in [6, 6.07) is 17.1. The van der Waals surface area contributed by atoms with Crippen molar-refractivity contribution in [3.05, 3.63) is 64.3 Å². The molecule has 0 saturated heterocycles. The first kappa shape index (κ1) is 10.3. The lowest BCUT2D eigenvalue weighted by Crippen LogP contribution is -1.88. The third-order valence-corrected chi connectivity index (χ3v) is 4.05. The predicted octanol–water partition coefficient (Wildman–Crippen LogP) is 4.57. The lowest BCUT2D eigenvalue weighted by atomic mass is 10.0.